The number of thioether (sulfide) groups is 1. The fraction of sp³-hybridized carbons (Fsp3) is 0.718. The summed E-state index contributed by atoms with van der Waals surface area (Å²) in [6, 6.07) is -0.591. The number of allylic oxidation sites excluding steroid dienone is 2. The monoisotopic (exact) mass is 750 g/mol. The predicted molar refractivity (Wildman–Crippen MR) is 225 cm³/mol. The first-order valence-corrected chi connectivity index (χ1v) is 20.3. The first-order chi connectivity index (χ1) is 25.4. The van der Waals surface area contributed by atoms with Gasteiger partial charge in [0.2, 0.25) is 5.91 Å². The highest BCUT2D eigenvalue weighted by Gasteiger charge is 2.28. The normalized spacial score (nSPS) is 20.0. The van der Waals surface area contributed by atoms with Crippen molar-refractivity contribution in [1.82, 2.24) is 40.9 Å². The third-order valence-electron chi connectivity index (χ3n) is 7.51. The zero-order valence-electron chi connectivity index (χ0n) is 34.2. The van der Waals surface area contributed by atoms with Gasteiger partial charge in [-0.1, -0.05) is 70.9 Å². The van der Waals surface area contributed by atoms with E-state index in [0.717, 1.165) is 65.3 Å². The summed E-state index contributed by atoms with van der Waals surface area (Å²) < 4.78 is 5.39. The number of hydrogen-bond donors (Lipinski definition) is 4. The number of rotatable bonds is 14. The van der Waals surface area contributed by atoms with E-state index < -0.39 is 11.4 Å². The average Bonchev–Trinajstić information content (AvgIpc) is 3.43. The van der Waals surface area contributed by atoms with Crippen molar-refractivity contribution in [3.05, 3.63) is 36.5 Å². The zero-order valence-corrected chi connectivity index (χ0v) is 35.0. The average molecular weight is 750 g/mol. The number of ether oxygens (including phenoxy) is 1. The highest BCUT2D eigenvalue weighted by Crippen LogP contribution is 2.17. The molecule has 13 heteroatoms. The largest absolute Gasteiger partial charge is 0.379 e. The van der Waals surface area contributed by atoms with Crippen LogP contribution in [0.3, 0.4) is 0 Å². The van der Waals surface area contributed by atoms with Crippen LogP contribution in [0.2, 0.25) is 0 Å². The van der Waals surface area contributed by atoms with Crippen LogP contribution in [0.25, 0.3) is 0 Å². The van der Waals surface area contributed by atoms with Crippen molar-refractivity contribution >= 4 is 29.9 Å². The molecule has 3 aliphatic heterocycles. The van der Waals surface area contributed by atoms with Gasteiger partial charge >= 0.3 is 6.03 Å². The topological polar surface area (TPSA) is 117 Å². The van der Waals surface area contributed by atoms with E-state index in [4.69, 9.17) is 11.2 Å². The van der Waals surface area contributed by atoms with Gasteiger partial charge in [-0.2, -0.15) is 0 Å². The lowest BCUT2D eigenvalue weighted by Crippen LogP contribution is -2.49. The van der Waals surface area contributed by atoms with Crippen LogP contribution in [0.5, 0.6) is 0 Å². The Morgan fingerprint density at radius 2 is 1.77 bits per heavy atom. The van der Waals surface area contributed by atoms with Crippen LogP contribution in [0.1, 0.15) is 53.9 Å². The molecule has 0 bridgehead atoms. The fourth-order valence-electron chi connectivity index (χ4n) is 4.92. The smallest absolute Gasteiger partial charge is 0.322 e. The fourth-order valence-corrected chi connectivity index (χ4v) is 5.94. The van der Waals surface area contributed by atoms with Gasteiger partial charge in [-0.15, -0.1) is 18.2 Å². The Morgan fingerprint density at radius 3 is 2.40 bits per heavy atom. The van der Waals surface area contributed by atoms with Gasteiger partial charge in [0, 0.05) is 59.4 Å². The Balaban J connectivity index is 0. The molecule has 0 aromatic rings. The van der Waals surface area contributed by atoms with Gasteiger partial charge in [0.15, 0.2) is 0 Å². The molecule has 2 fully saturated rings. The summed E-state index contributed by atoms with van der Waals surface area (Å²) in [5.74, 6) is 2.85. The van der Waals surface area contributed by atoms with Gasteiger partial charge in [0.25, 0.3) is 0 Å². The van der Waals surface area contributed by atoms with Gasteiger partial charge in [0.1, 0.15) is 11.4 Å². The van der Waals surface area contributed by atoms with Crippen molar-refractivity contribution in [3.63, 3.8) is 0 Å². The summed E-state index contributed by atoms with van der Waals surface area (Å²) in [7, 11) is 7.06. The van der Waals surface area contributed by atoms with Gasteiger partial charge in [-0.05, 0) is 65.8 Å². The van der Waals surface area contributed by atoms with Crippen molar-refractivity contribution in [2.75, 3.05) is 119 Å². The molecule has 3 heterocycles. The van der Waals surface area contributed by atoms with Gasteiger partial charge < -0.3 is 30.9 Å². The number of amides is 3. The van der Waals surface area contributed by atoms with Crippen molar-refractivity contribution in [1.29, 1.82) is 0 Å². The second-order valence-electron chi connectivity index (χ2n) is 11.3. The second-order valence-corrected chi connectivity index (χ2v) is 12.4. The predicted octanol–water partition coefficient (Wildman–Crippen LogP) is 3.75. The number of hydrogen-bond acceptors (Lipinski definition) is 10. The van der Waals surface area contributed by atoms with Gasteiger partial charge in [-0.3, -0.25) is 24.5 Å². The number of carbonyl (C=O) groups is 2. The number of nitrogens with zero attached hydrogens (tertiary/aromatic N) is 5. The number of morpholine rings is 1. The molecule has 300 valence electrons. The first kappa shape index (κ1) is 51.4. The first-order valence-electron chi connectivity index (χ1n) is 19.3. The van der Waals surface area contributed by atoms with E-state index in [2.05, 4.69) is 61.1 Å². The Hall–Kier alpha value is -2.70. The van der Waals surface area contributed by atoms with E-state index in [1.165, 1.54) is 37.8 Å². The molecule has 0 aromatic heterocycles. The molecule has 0 aliphatic carbocycles. The number of carbonyl (C=O) groups excluding carboxylic acids is 2. The zero-order chi connectivity index (χ0) is 39.2. The summed E-state index contributed by atoms with van der Waals surface area (Å²) in [6.45, 7) is 22.2. The van der Waals surface area contributed by atoms with Crippen molar-refractivity contribution in [3.8, 4) is 12.3 Å². The molecule has 2 atom stereocenters. The summed E-state index contributed by atoms with van der Waals surface area (Å²) in [4.78, 5) is 37.9. The minimum Gasteiger partial charge on any atom is -0.379 e. The van der Waals surface area contributed by atoms with Crippen LogP contribution in [0, 0.1) is 12.3 Å². The highest BCUT2D eigenvalue weighted by atomic mass is 32.2. The number of urea groups is 1. The standard InChI is InChI=1S/C21H33N5O3S.C12H23N3.C2H7N.2C2H6/c1-4-18-9-6-5-7-11-25(12-8-10-24-13-15-29-16-14-24)21(28)26(18)17-30-20(23-3)19(27)22-2;1-2-6-13-7-3-4-10-15-11-5-8-14-9-12-15;1-3-2;2*1-2/h1,5-7,9,18,20,23H,8,10-17H2,2-3H3,(H,22,27);3-4,6,14H,2,5,7-12H2,1H3;3H,1-2H3;2*1-2H3/b7-5-,9-6-;4-3-,13-6?;;;. The summed E-state index contributed by atoms with van der Waals surface area (Å²) >= 11 is 1.34. The van der Waals surface area contributed by atoms with E-state index in [-0.39, 0.29) is 11.9 Å². The lowest BCUT2D eigenvalue weighted by atomic mass is 10.2. The van der Waals surface area contributed by atoms with Crippen molar-refractivity contribution in [2.45, 2.75) is 65.3 Å². The molecule has 2 saturated heterocycles. The Kier molecular flexibility index (Phi) is 37.6. The number of terminal acetylenes is 1. The maximum atomic E-state index is 13.4. The molecular weight excluding hydrogens is 675 g/mol. The summed E-state index contributed by atoms with van der Waals surface area (Å²) in [5.41, 5.74) is 0. The van der Waals surface area contributed by atoms with Gasteiger partial charge in [-0.25, -0.2) is 4.79 Å². The SMILES string of the molecule is C#CC1/C=C\C=C/CN(CCCN2CCOCC2)C(=O)N1CSC(NC)C(=O)NC.CC.CC.CCC=NC/C=C\CN1CCCNCC1.CNC. The Bertz CT molecular complexity index is 1010. The minimum absolute atomic E-state index is 0.115. The second kappa shape index (κ2) is 38.0. The Morgan fingerprint density at radius 1 is 1.06 bits per heavy atom. The molecule has 2 unspecified atom stereocenters. The van der Waals surface area contributed by atoms with Crippen LogP contribution in [0.15, 0.2) is 41.4 Å². The molecule has 3 amide bonds. The van der Waals surface area contributed by atoms with Crippen LogP contribution in [-0.2, 0) is 9.53 Å². The molecule has 0 radical (unpaired) electrons. The molecule has 0 saturated carbocycles. The molecule has 52 heavy (non-hydrogen) atoms. The number of nitrogens with one attached hydrogen (secondary N) is 4. The van der Waals surface area contributed by atoms with Crippen LogP contribution < -0.4 is 21.3 Å². The van der Waals surface area contributed by atoms with Gasteiger partial charge in [0.05, 0.1) is 25.6 Å². The molecule has 3 rings (SSSR count). The third kappa shape index (κ3) is 25.3. The quantitative estimate of drug-likeness (QED) is 0.0913. The van der Waals surface area contributed by atoms with Crippen LogP contribution in [0.4, 0.5) is 4.79 Å². The maximum Gasteiger partial charge on any atom is 0.322 e. The molecule has 3 aliphatic rings. The molecule has 4 N–H and O–H groups in total. The van der Waals surface area contributed by atoms with Crippen molar-refractivity contribution in [2.24, 2.45) is 4.99 Å². The molecular formula is C39H75N9O3S. The van der Waals surface area contributed by atoms with E-state index >= 15 is 0 Å². The van der Waals surface area contributed by atoms with Crippen LogP contribution in [-0.4, -0.2) is 168 Å². The number of likely N-dealkylation sites (N-methyl/N-ethyl adjacent to an activating group) is 2. The van der Waals surface area contributed by atoms with Crippen LogP contribution >= 0.6 is 11.8 Å². The lowest BCUT2D eigenvalue weighted by Gasteiger charge is -2.33. The van der Waals surface area contributed by atoms with Crippen molar-refractivity contribution < 1.29 is 14.3 Å². The molecule has 0 spiro atoms. The third-order valence-corrected chi connectivity index (χ3v) is 8.72. The molecule has 0 aromatic carbocycles. The number of aliphatic imine (C=N–C) groups is 1. The molecule has 12 nitrogen and oxygen atoms in total. The maximum absolute atomic E-state index is 13.4. The lowest BCUT2D eigenvalue weighted by molar-refractivity contribution is -0.120. The highest BCUT2D eigenvalue weighted by molar-refractivity contribution is 8.00. The van der Waals surface area contributed by atoms with E-state index in [9.17, 15) is 9.59 Å². The minimum atomic E-state index is -0.475. The summed E-state index contributed by atoms with van der Waals surface area (Å²) in [6.07, 6.45) is 22.9. The van der Waals surface area contributed by atoms with E-state index in [0.29, 0.717) is 19.0 Å². The summed E-state index contributed by atoms with van der Waals surface area (Å²) in [5, 5.41) is 11.3. The van der Waals surface area contributed by atoms with E-state index in [1.54, 1.807) is 19.0 Å². The van der Waals surface area contributed by atoms with E-state index in [1.807, 2.05) is 77.2 Å². The Labute approximate surface area is 322 Å².